The minimum absolute atomic E-state index is 0.0971. The summed E-state index contributed by atoms with van der Waals surface area (Å²) < 4.78 is 5.00. The summed E-state index contributed by atoms with van der Waals surface area (Å²) in [6.07, 6.45) is 4.67. The highest BCUT2D eigenvalue weighted by atomic mass is 16.5. The lowest BCUT2D eigenvalue weighted by atomic mass is 10.2. The Morgan fingerprint density at radius 3 is 2.67 bits per heavy atom. The van der Waals surface area contributed by atoms with Crippen LogP contribution in [0.25, 0.3) is 0 Å². The van der Waals surface area contributed by atoms with Gasteiger partial charge in [0.05, 0.1) is 12.7 Å². The van der Waals surface area contributed by atoms with Crippen LogP contribution in [0.2, 0.25) is 0 Å². The zero-order chi connectivity index (χ0) is 7.11. The largest absolute Gasteiger partial charge is 0.392 e. The zero-order valence-electron chi connectivity index (χ0n) is 6.00. The molecule has 1 atom stereocenters. The van der Waals surface area contributed by atoms with Crippen LogP contribution in [-0.4, -0.2) is 24.9 Å². The maximum atomic E-state index is 8.36. The van der Waals surface area contributed by atoms with Crippen LogP contribution in [0, 0.1) is 0 Å². The summed E-state index contributed by atoms with van der Waals surface area (Å²) >= 11 is 0. The first-order valence-electron chi connectivity index (χ1n) is 3.15. The van der Waals surface area contributed by atoms with Crippen molar-refractivity contribution in [1.29, 1.82) is 0 Å². The second-order valence-electron chi connectivity index (χ2n) is 1.79. The van der Waals surface area contributed by atoms with Gasteiger partial charge in [-0.1, -0.05) is 19.1 Å². The van der Waals surface area contributed by atoms with E-state index in [0.717, 1.165) is 6.42 Å². The van der Waals surface area contributed by atoms with E-state index in [1.165, 1.54) is 0 Å². The van der Waals surface area contributed by atoms with Crippen molar-refractivity contribution in [3.05, 3.63) is 12.2 Å². The lowest BCUT2D eigenvalue weighted by Crippen LogP contribution is -2.03. The molecule has 0 saturated carbocycles. The fourth-order valence-corrected chi connectivity index (χ4v) is 0.594. The molecule has 54 valence electrons. The average molecular weight is 130 g/mol. The fraction of sp³-hybridized carbons (Fsp3) is 0.714. The third-order valence-corrected chi connectivity index (χ3v) is 1.16. The van der Waals surface area contributed by atoms with Gasteiger partial charge < -0.3 is 9.84 Å². The average Bonchev–Trinajstić information content (AvgIpc) is 1.91. The van der Waals surface area contributed by atoms with Crippen molar-refractivity contribution in [2.75, 3.05) is 13.7 Å². The molecule has 1 N–H and O–H groups in total. The first kappa shape index (κ1) is 8.66. The van der Waals surface area contributed by atoms with E-state index in [2.05, 4.69) is 0 Å². The molecule has 0 aromatic heterocycles. The Morgan fingerprint density at radius 1 is 1.67 bits per heavy atom. The van der Waals surface area contributed by atoms with Crippen LogP contribution < -0.4 is 0 Å². The van der Waals surface area contributed by atoms with Crippen molar-refractivity contribution < 1.29 is 9.84 Å². The van der Waals surface area contributed by atoms with Crippen LogP contribution in [0.1, 0.15) is 13.3 Å². The maximum absolute atomic E-state index is 8.36. The van der Waals surface area contributed by atoms with Crippen molar-refractivity contribution in [3.8, 4) is 0 Å². The number of aliphatic hydroxyl groups is 1. The highest BCUT2D eigenvalue weighted by Crippen LogP contribution is 1.96. The summed E-state index contributed by atoms with van der Waals surface area (Å²) in [7, 11) is 1.66. The molecule has 2 nitrogen and oxygen atoms in total. The summed E-state index contributed by atoms with van der Waals surface area (Å²) in [5.74, 6) is 0. The van der Waals surface area contributed by atoms with Gasteiger partial charge in [-0.05, 0) is 6.42 Å². The molecule has 0 amide bonds. The van der Waals surface area contributed by atoms with Crippen LogP contribution in [0.15, 0.2) is 12.2 Å². The number of methoxy groups -OCH3 is 1. The lowest BCUT2D eigenvalue weighted by Gasteiger charge is -2.05. The summed E-state index contributed by atoms with van der Waals surface area (Å²) in [4.78, 5) is 0. The Labute approximate surface area is 56.1 Å². The van der Waals surface area contributed by atoms with Gasteiger partial charge >= 0.3 is 0 Å². The number of rotatable bonds is 4. The smallest absolute Gasteiger partial charge is 0.0750 e. The Kier molecular flexibility index (Phi) is 5.57. The van der Waals surface area contributed by atoms with Gasteiger partial charge in [-0.2, -0.15) is 0 Å². The molecule has 0 saturated heterocycles. The molecule has 0 fully saturated rings. The molecule has 0 aliphatic heterocycles. The molecule has 0 heterocycles. The van der Waals surface area contributed by atoms with Crippen LogP contribution in [0.5, 0.6) is 0 Å². The minimum Gasteiger partial charge on any atom is -0.392 e. The Bertz CT molecular complexity index is 75.0. The molecule has 2 heteroatoms. The maximum Gasteiger partial charge on any atom is 0.0750 e. The summed E-state index contributed by atoms with van der Waals surface area (Å²) in [6, 6.07) is 0. The van der Waals surface area contributed by atoms with Gasteiger partial charge in [-0.25, -0.2) is 0 Å². The van der Waals surface area contributed by atoms with Crippen molar-refractivity contribution >= 4 is 0 Å². The molecule has 0 aliphatic carbocycles. The van der Waals surface area contributed by atoms with E-state index in [-0.39, 0.29) is 12.7 Å². The second-order valence-corrected chi connectivity index (χ2v) is 1.79. The van der Waals surface area contributed by atoms with E-state index in [0.29, 0.717) is 0 Å². The van der Waals surface area contributed by atoms with E-state index >= 15 is 0 Å². The third-order valence-electron chi connectivity index (χ3n) is 1.16. The van der Waals surface area contributed by atoms with Crippen molar-refractivity contribution in [2.24, 2.45) is 0 Å². The molecule has 1 unspecified atom stereocenters. The first-order chi connectivity index (χ1) is 4.35. The summed E-state index contributed by atoms with van der Waals surface area (Å²) in [5.41, 5.74) is 0. The van der Waals surface area contributed by atoms with Gasteiger partial charge in [0.15, 0.2) is 0 Å². The molecule has 0 spiro atoms. The fourth-order valence-electron chi connectivity index (χ4n) is 0.594. The highest BCUT2D eigenvalue weighted by molar-refractivity contribution is 4.88. The van der Waals surface area contributed by atoms with Crippen LogP contribution >= 0.6 is 0 Å². The monoisotopic (exact) mass is 130 g/mol. The lowest BCUT2D eigenvalue weighted by molar-refractivity contribution is 0.137. The molecule has 0 aliphatic rings. The third kappa shape index (κ3) is 4.18. The molecule has 0 radical (unpaired) electrons. The van der Waals surface area contributed by atoms with Crippen LogP contribution in [-0.2, 0) is 4.74 Å². The molecule has 0 bridgehead atoms. The summed E-state index contributed by atoms with van der Waals surface area (Å²) in [5, 5.41) is 8.36. The van der Waals surface area contributed by atoms with Gasteiger partial charge in [0.2, 0.25) is 0 Å². The van der Waals surface area contributed by atoms with Crippen molar-refractivity contribution in [1.82, 2.24) is 0 Å². The predicted octanol–water partition coefficient (Wildman–Crippen LogP) is 0.960. The highest BCUT2D eigenvalue weighted by Gasteiger charge is 1.94. The topological polar surface area (TPSA) is 29.5 Å². The number of hydrogen-bond acceptors (Lipinski definition) is 2. The summed E-state index contributed by atoms with van der Waals surface area (Å²) in [6.45, 7) is 2.13. The van der Waals surface area contributed by atoms with Crippen LogP contribution in [0.3, 0.4) is 0 Å². The van der Waals surface area contributed by atoms with Crippen molar-refractivity contribution in [3.63, 3.8) is 0 Å². The molecule has 0 aromatic rings. The van der Waals surface area contributed by atoms with E-state index in [4.69, 9.17) is 9.84 Å². The molecular weight excluding hydrogens is 116 g/mol. The molecular formula is C7H14O2. The Balaban J connectivity index is 3.41. The van der Waals surface area contributed by atoms with Gasteiger partial charge in [0.1, 0.15) is 0 Å². The van der Waals surface area contributed by atoms with Gasteiger partial charge in [0.25, 0.3) is 0 Å². The van der Waals surface area contributed by atoms with Crippen molar-refractivity contribution in [2.45, 2.75) is 19.4 Å². The zero-order valence-corrected chi connectivity index (χ0v) is 6.00. The minimum atomic E-state index is 0.0971. The SMILES string of the molecule is CCC(/C=C/CO)OC. The number of aliphatic hydroxyl groups excluding tert-OH is 1. The van der Waals surface area contributed by atoms with Gasteiger partial charge in [0, 0.05) is 7.11 Å². The number of ether oxygens (including phenoxy) is 1. The first-order valence-corrected chi connectivity index (χ1v) is 3.15. The van der Waals surface area contributed by atoms with E-state index in [9.17, 15) is 0 Å². The Hall–Kier alpha value is -0.340. The normalized spacial score (nSPS) is 14.6. The van der Waals surface area contributed by atoms with Crippen LogP contribution in [0.4, 0.5) is 0 Å². The van der Waals surface area contributed by atoms with E-state index in [1.807, 2.05) is 13.0 Å². The predicted molar refractivity (Wildman–Crippen MR) is 37.3 cm³/mol. The van der Waals surface area contributed by atoms with Gasteiger partial charge in [-0.3, -0.25) is 0 Å². The van der Waals surface area contributed by atoms with E-state index < -0.39 is 0 Å². The van der Waals surface area contributed by atoms with E-state index in [1.54, 1.807) is 13.2 Å². The number of hydrogen-bond donors (Lipinski definition) is 1. The molecule has 0 aromatic carbocycles. The molecule has 9 heavy (non-hydrogen) atoms. The second kappa shape index (κ2) is 5.79. The molecule has 0 rings (SSSR count). The quantitative estimate of drug-likeness (QED) is 0.574. The standard InChI is InChI=1S/C7H14O2/c1-3-7(9-2)5-4-6-8/h4-5,7-8H,3,6H2,1-2H3/b5-4+. The Morgan fingerprint density at radius 2 is 2.33 bits per heavy atom. The van der Waals surface area contributed by atoms with Gasteiger partial charge in [-0.15, -0.1) is 0 Å².